The first-order valence-electron chi connectivity index (χ1n) is 7.15. The maximum Gasteiger partial charge on any atom is 0.0674 e. The van der Waals surface area contributed by atoms with Gasteiger partial charge in [-0.1, -0.05) is 6.92 Å². The van der Waals surface area contributed by atoms with E-state index < -0.39 is 0 Å². The Hall–Kier alpha value is -0.160. The molecule has 1 saturated heterocycles. The fraction of sp³-hybridized carbons (Fsp3) is 1.00. The van der Waals surface area contributed by atoms with Gasteiger partial charge < -0.3 is 15.2 Å². The van der Waals surface area contributed by atoms with Crippen LogP contribution in [0.15, 0.2) is 0 Å². The van der Waals surface area contributed by atoms with Gasteiger partial charge in [0.2, 0.25) is 0 Å². The maximum absolute atomic E-state index is 9.58. The number of hydrogen-bond acceptors (Lipinski definition) is 4. The molecule has 0 aromatic carbocycles. The number of aliphatic hydroxyl groups excluding tert-OH is 1. The van der Waals surface area contributed by atoms with Crippen molar-refractivity contribution in [2.75, 3.05) is 26.3 Å². The molecule has 1 rings (SSSR count). The van der Waals surface area contributed by atoms with E-state index in [1.807, 2.05) is 0 Å². The molecule has 0 radical (unpaired) electrons. The minimum Gasteiger partial charge on any atom is -0.394 e. The van der Waals surface area contributed by atoms with E-state index in [0.29, 0.717) is 18.2 Å². The SMILES string of the molecule is CCNC(C)(CO)CC(C)N1CC(C)OCC1C. The van der Waals surface area contributed by atoms with E-state index >= 15 is 0 Å². The Kier molecular flexibility index (Phi) is 6.05. The lowest BCUT2D eigenvalue weighted by Crippen LogP contribution is -2.56. The monoisotopic (exact) mass is 258 g/mol. The van der Waals surface area contributed by atoms with Gasteiger partial charge in [-0.15, -0.1) is 0 Å². The molecule has 0 saturated carbocycles. The molecule has 1 aliphatic heterocycles. The number of hydrogen-bond donors (Lipinski definition) is 2. The van der Waals surface area contributed by atoms with Gasteiger partial charge >= 0.3 is 0 Å². The van der Waals surface area contributed by atoms with Crippen molar-refractivity contribution < 1.29 is 9.84 Å². The quantitative estimate of drug-likeness (QED) is 0.752. The average Bonchev–Trinajstić information content (AvgIpc) is 2.32. The molecule has 2 N–H and O–H groups in total. The lowest BCUT2D eigenvalue weighted by molar-refractivity contribution is -0.0686. The highest BCUT2D eigenvalue weighted by Gasteiger charge is 2.32. The molecule has 4 nitrogen and oxygen atoms in total. The summed E-state index contributed by atoms with van der Waals surface area (Å²) in [7, 11) is 0. The van der Waals surface area contributed by atoms with E-state index in [9.17, 15) is 5.11 Å². The van der Waals surface area contributed by atoms with Crippen LogP contribution in [0.1, 0.15) is 41.0 Å². The molecule has 18 heavy (non-hydrogen) atoms. The number of aliphatic hydroxyl groups is 1. The van der Waals surface area contributed by atoms with Gasteiger partial charge in [-0.3, -0.25) is 4.90 Å². The summed E-state index contributed by atoms with van der Waals surface area (Å²) in [6, 6.07) is 0.906. The van der Waals surface area contributed by atoms with E-state index in [1.165, 1.54) is 0 Å². The fourth-order valence-electron chi connectivity index (χ4n) is 2.93. The van der Waals surface area contributed by atoms with Crippen molar-refractivity contribution in [1.29, 1.82) is 0 Å². The molecule has 1 aliphatic rings. The Labute approximate surface area is 112 Å². The summed E-state index contributed by atoms with van der Waals surface area (Å²) < 4.78 is 5.67. The van der Waals surface area contributed by atoms with Crippen LogP contribution in [0.2, 0.25) is 0 Å². The van der Waals surface area contributed by atoms with Gasteiger partial charge in [0.05, 0.1) is 19.3 Å². The second-order valence-electron chi connectivity index (χ2n) is 5.99. The highest BCUT2D eigenvalue weighted by molar-refractivity contribution is 4.89. The molecular formula is C14H30N2O2. The van der Waals surface area contributed by atoms with E-state index in [4.69, 9.17) is 4.74 Å². The maximum atomic E-state index is 9.58. The third kappa shape index (κ3) is 4.19. The minimum absolute atomic E-state index is 0.180. The van der Waals surface area contributed by atoms with Crippen LogP contribution in [0.25, 0.3) is 0 Å². The van der Waals surface area contributed by atoms with Crippen LogP contribution in [0.4, 0.5) is 0 Å². The number of morpholine rings is 1. The number of ether oxygens (including phenoxy) is 1. The number of rotatable bonds is 6. The molecule has 0 bridgehead atoms. The van der Waals surface area contributed by atoms with Crippen molar-refractivity contribution in [3.05, 3.63) is 0 Å². The molecule has 0 aliphatic carbocycles. The highest BCUT2D eigenvalue weighted by atomic mass is 16.5. The zero-order valence-electron chi connectivity index (χ0n) is 12.6. The molecule has 4 heteroatoms. The normalized spacial score (nSPS) is 31.0. The van der Waals surface area contributed by atoms with Crippen LogP contribution in [-0.2, 0) is 4.74 Å². The summed E-state index contributed by atoms with van der Waals surface area (Å²) in [5.41, 5.74) is -0.185. The third-order valence-electron chi connectivity index (χ3n) is 3.92. The predicted molar refractivity (Wildman–Crippen MR) is 74.8 cm³/mol. The van der Waals surface area contributed by atoms with E-state index in [0.717, 1.165) is 26.1 Å². The third-order valence-corrected chi connectivity index (χ3v) is 3.92. The van der Waals surface area contributed by atoms with Crippen LogP contribution < -0.4 is 5.32 Å². The Bertz CT molecular complexity index is 250. The molecule has 108 valence electrons. The number of nitrogens with one attached hydrogen (secondary N) is 1. The predicted octanol–water partition coefficient (Wildman–Crippen LogP) is 1.23. The van der Waals surface area contributed by atoms with Crippen molar-refractivity contribution >= 4 is 0 Å². The van der Waals surface area contributed by atoms with Gasteiger partial charge in [0, 0.05) is 24.2 Å². The second-order valence-corrected chi connectivity index (χ2v) is 5.99. The molecule has 1 heterocycles. The summed E-state index contributed by atoms with van der Waals surface area (Å²) in [5.74, 6) is 0. The smallest absolute Gasteiger partial charge is 0.0674 e. The van der Waals surface area contributed by atoms with Gasteiger partial charge in [0.25, 0.3) is 0 Å². The fourth-order valence-corrected chi connectivity index (χ4v) is 2.93. The van der Waals surface area contributed by atoms with Crippen LogP contribution >= 0.6 is 0 Å². The topological polar surface area (TPSA) is 44.7 Å². The Morgan fingerprint density at radius 3 is 2.72 bits per heavy atom. The zero-order chi connectivity index (χ0) is 13.8. The van der Waals surface area contributed by atoms with Crippen LogP contribution in [0.5, 0.6) is 0 Å². The van der Waals surface area contributed by atoms with Crippen molar-refractivity contribution in [2.45, 2.75) is 64.8 Å². The highest BCUT2D eigenvalue weighted by Crippen LogP contribution is 2.21. The molecule has 0 amide bonds. The Morgan fingerprint density at radius 1 is 1.50 bits per heavy atom. The number of likely N-dealkylation sites (N-methyl/N-ethyl adjacent to an activating group) is 1. The first-order chi connectivity index (χ1) is 8.41. The summed E-state index contributed by atoms with van der Waals surface area (Å²) in [6.07, 6.45) is 1.26. The van der Waals surface area contributed by atoms with Gasteiger partial charge in [-0.25, -0.2) is 0 Å². The molecule has 1 fully saturated rings. The van der Waals surface area contributed by atoms with E-state index in [-0.39, 0.29) is 12.1 Å². The first kappa shape index (κ1) is 15.9. The van der Waals surface area contributed by atoms with Crippen LogP contribution in [0, 0.1) is 0 Å². The summed E-state index contributed by atoms with van der Waals surface area (Å²) in [4.78, 5) is 2.50. The average molecular weight is 258 g/mol. The summed E-state index contributed by atoms with van der Waals surface area (Å²) >= 11 is 0. The largest absolute Gasteiger partial charge is 0.394 e. The molecule has 4 atom stereocenters. The molecule has 0 aromatic heterocycles. The van der Waals surface area contributed by atoms with E-state index in [1.54, 1.807) is 0 Å². The van der Waals surface area contributed by atoms with Crippen molar-refractivity contribution in [1.82, 2.24) is 10.2 Å². The standard InChI is InChI=1S/C14H30N2O2/c1-6-15-14(5,10-17)7-11(2)16-8-13(4)18-9-12(16)3/h11-13,15,17H,6-10H2,1-5H3. The van der Waals surface area contributed by atoms with Crippen LogP contribution in [-0.4, -0.2) is 60.0 Å². The Balaban J connectivity index is 2.59. The van der Waals surface area contributed by atoms with Gasteiger partial charge in [0.15, 0.2) is 0 Å². The summed E-state index contributed by atoms with van der Waals surface area (Å²) in [5, 5.41) is 13.0. The lowest BCUT2D eigenvalue weighted by Gasteiger charge is -2.43. The number of nitrogens with zero attached hydrogens (tertiary/aromatic N) is 1. The summed E-state index contributed by atoms with van der Waals surface area (Å²) in [6.45, 7) is 13.6. The molecule has 4 unspecified atom stereocenters. The van der Waals surface area contributed by atoms with Gasteiger partial charge in [-0.05, 0) is 40.7 Å². The first-order valence-corrected chi connectivity index (χ1v) is 7.15. The van der Waals surface area contributed by atoms with E-state index in [2.05, 4.69) is 44.8 Å². The molecule has 0 spiro atoms. The van der Waals surface area contributed by atoms with Crippen LogP contribution in [0.3, 0.4) is 0 Å². The second kappa shape index (κ2) is 6.85. The Morgan fingerprint density at radius 2 is 2.17 bits per heavy atom. The molecular weight excluding hydrogens is 228 g/mol. The van der Waals surface area contributed by atoms with Crippen molar-refractivity contribution in [3.63, 3.8) is 0 Å². The minimum atomic E-state index is -0.185. The van der Waals surface area contributed by atoms with Crippen molar-refractivity contribution in [2.24, 2.45) is 0 Å². The zero-order valence-corrected chi connectivity index (χ0v) is 12.6. The van der Waals surface area contributed by atoms with Crippen molar-refractivity contribution in [3.8, 4) is 0 Å². The lowest BCUT2D eigenvalue weighted by atomic mass is 9.92. The van der Waals surface area contributed by atoms with Gasteiger partial charge in [0.1, 0.15) is 0 Å². The molecule has 0 aromatic rings. The van der Waals surface area contributed by atoms with Gasteiger partial charge in [-0.2, -0.15) is 0 Å².